The Balaban J connectivity index is 1.95. The van der Waals surface area contributed by atoms with Crippen LogP contribution in [-0.2, 0) is 10.0 Å². The lowest BCUT2D eigenvalue weighted by molar-refractivity contribution is 0.0873. The highest BCUT2D eigenvalue weighted by atomic mass is 35.5. The van der Waals surface area contributed by atoms with Crippen LogP contribution < -0.4 is 10.2 Å². The zero-order valence-corrected chi connectivity index (χ0v) is 15.0. The fraction of sp³-hybridized carbons (Fsp3) is 0.214. The van der Waals surface area contributed by atoms with Gasteiger partial charge in [0.2, 0.25) is 17.2 Å². The number of halogens is 1. The molecule has 26 heavy (non-hydrogen) atoms. The lowest BCUT2D eigenvalue weighted by Crippen LogP contribution is -2.40. The third-order valence-corrected chi connectivity index (χ3v) is 5.42. The number of carbonyl (C=O) groups is 1. The lowest BCUT2D eigenvalue weighted by Gasteiger charge is -2.21. The van der Waals surface area contributed by atoms with E-state index < -0.39 is 22.6 Å². The van der Waals surface area contributed by atoms with Crippen LogP contribution >= 0.6 is 11.6 Å². The van der Waals surface area contributed by atoms with Crippen LogP contribution in [0.5, 0.6) is 0 Å². The van der Waals surface area contributed by atoms with Gasteiger partial charge in [0.15, 0.2) is 6.19 Å². The van der Waals surface area contributed by atoms with Crippen LogP contribution in [0.4, 0.5) is 11.9 Å². The Bertz CT molecular complexity index is 1020. The van der Waals surface area contributed by atoms with Crippen LogP contribution in [0.25, 0.3) is 0 Å². The van der Waals surface area contributed by atoms with Gasteiger partial charge in [0, 0.05) is 6.54 Å². The number of nitrogens with zero attached hydrogens (tertiary/aromatic N) is 6. The van der Waals surface area contributed by atoms with Crippen molar-refractivity contribution in [2.24, 2.45) is 0 Å². The van der Waals surface area contributed by atoms with Gasteiger partial charge in [-0.15, -0.1) is 0 Å². The summed E-state index contributed by atoms with van der Waals surface area (Å²) in [5.74, 6) is -0.781. The van der Waals surface area contributed by atoms with Gasteiger partial charge in [-0.3, -0.25) is 4.79 Å². The van der Waals surface area contributed by atoms with Crippen molar-refractivity contribution in [1.82, 2.24) is 19.3 Å². The topological polar surface area (TPSA) is 132 Å². The number of hydrogen-bond acceptors (Lipinski definition) is 9. The number of nitrogens with one attached hydrogen (secondary N) is 1. The first-order valence-electron chi connectivity index (χ1n) is 7.37. The smallest absolute Gasteiger partial charge is 0.270 e. The molecule has 0 unspecified atom stereocenters. The molecule has 0 atom stereocenters. The number of hydrogen-bond donors (Lipinski definition) is 1. The van der Waals surface area contributed by atoms with Gasteiger partial charge >= 0.3 is 0 Å². The van der Waals surface area contributed by atoms with Gasteiger partial charge in [0.1, 0.15) is 11.6 Å². The van der Waals surface area contributed by atoms with Crippen LogP contribution in [0.1, 0.15) is 17.3 Å². The summed E-state index contributed by atoms with van der Waals surface area (Å²) in [7, 11) is -4.07. The third kappa shape index (κ3) is 3.00. The fourth-order valence-electron chi connectivity index (χ4n) is 2.34. The molecule has 0 aliphatic carbocycles. The Labute approximate surface area is 154 Å². The zero-order chi connectivity index (χ0) is 18.9. The Morgan fingerprint density at radius 1 is 1.31 bits per heavy atom. The minimum atomic E-state index is -4.07. The molecule has 0 radical (unpaired) electrons. The maximum absolute atomic E-state index is 12.6. The van der Waals surface area contributed by atoms with Crippen molar-refractivity contribution in [3.8, 4) is 6.19 Å². The molecular weight excluding hydrogens is 382 g/mol. The molecule has 134 valence electrons. The number of rotatable bonds is 5. The molecule has 1 aliphatic rings. The molecule has 0 spiro atoms. The first-order valence-corrected chi connectivity index (χ1v) is 9.19. The Morgan fingerprint density at radius 2 is 2.04 bits per heavy atom. The Morgan fingerprint density at radius 3 is 2.69 bits per heavy atom. The van der Waals surface area contributed by atoms with Crippen molar-refractivity contribution in [1.29, 1.82) is 5.26 Å². The average Bonchev–Trinajstić information content (AvgIpc) is 2.80. The fourth-order valence-corrected chi connectivity index (χ4v) is 4.00. The van der Waals surface area contributed by atoms with E-state index in [1.54, 1.807) is 12.3 Å². The van der Waals surface area contributed by atoms with Gasteiger partial charge in [0.25, 0.3) is 15.9 Å². The quantitative estimate of drug-likeness (QED) is 0.584. The molecule has 0 saturated carbocycles. The van der Waals surface area contributed by atoms with Crippen LogP contribution in [-0.4, -0.2) is 46.8 Å². The van der Waals surface area contributed by atoms with E-state index in [4.69, 9.17) is 11.6 Å². The van der Waals surface area contributed by atoms with Gasteiger partial charge in [-0.05, 0) is 30.7 Å². The van der Waals surface area contributed by atoms with Crippen LogP contribution in [0.3, 0.4) is 0 Å². The molecule has 0 fully saturated rings. The number of nitriles is 1. The van der Waals surface area contributed by atoms with Gasteiger partial charge in [-0.25, -0.2) is 17.6 Å². The molecule has 1 aliphatic heterocycles. The Hall–Kier alpha value is -2.97. The molecule has 12 heteroatoms. The summed E-state index contributed by atoms with van der Waals surface area (Å²) in [5, 5.41) is 12.0. The van der Waals surface area contributed by atoms with Crippen molar-refractivity contribution in [2.45, 2.75) is 11.8 Å². The number of aromatic nitrogens is 3. The summed E-state index contributed by atoms with van der Waals surface area (Å²) >= 11 is 5.82. The van der Waals surface area contributed by atoms with Gasteiger partial charge < -0.3 is 5.32 Å². The minimum absolute atomic E-state index is 0.0485. The van der Waals surface area contributed by atoms with E-state index in [1.807, 2.05) is 6.92 Å². The van der Waals surface area contributed by atoms with Crippen LogP contribution in [0.2, 0.25) is 5.28 Å². The summed E-state index contributed by atoms with van der Waals surface area (Å²) in [6.45, 7) is 1.73. The van der Waals surface area contributed by atoms with E-state index >= 15 is 0 Å². The predicted molar refractivity (Wildman–Crippen MR) is 91.8 cm³/mol. The monoisotopic (exact) mass is 393 g/mol. The molecule has 3 rings (SSSR count). The highest BCUT2D eigenvalue weighted by Gasteiger charge is 2.42. The molecule has 1 amide bonds. The molecule has 0 bridgehead atoms. The normalized spacial score (nSPS) is 14.7. The standard InChI is InChI=1S/C14H12ClN7O3S/c1-2-17-13-18-12(15)19-14(20-13)21(7-16)8-22-11(23)9-5-3-4-6-10(9)26(22,24)25/h3-6H,2,8H2,1H3,(H,17,18,19,20). The van der Waals surface area contributed by atoms with E-state index in [9.17, 15) is 18.5 Å². The second-order valence-electron chi connectivity index (χ2n) is 5.08. The van der Waals surface area contributed by atoms with E-state index in [2.05, 4.69) is 20.3 Å². The molecular formula is C14H12ClN7O3S. The largest absolute Gasteiger partial charge is 0.354 e. The maximum atomic E-state index is 12.6. The highest BCUT2D eigenvalue weighted by Crippen LogP contribution is 2.30. The molecule has 0 saturated heterocycles. The summed E-state index contributed by atoms with van der Waals surface area (Å²) in [6, 6.07) is 5.83. The second kappa shape index (κ2) is 6.74. The van der Waals surface area contributed by atoms with Crippen molar-refractivity contribution in [3.05, 3.63) is 35.1 Å². The predicted octanol–water partition coefficient (Wildman–Crippen LogP) is 1.05. The van der Waals surface area contributed by atoms with Gasteiger partial charge in [-0.1, -0.05) is 12.1 Å². The summed E-state index contributed by atoms with van der Waals surface area (Å²) in [6.07, 6.45) is 1.76. The third-order valence-electron chi connectivity index (χ3n) is 3.48. The number of carbonyl (C=O) groups excluding carboxylic acids is 1. The lowest BCUT2D eigenvalue weighted by atomic mass is 10.2. The van der Waals surface area contributed by atoms with E-state index in [1.165, 1.54) is 18.2 Å². The van der Waals surface area contributed by atoms with Gasteiger partial charge in [-0.2, -0.15) is 20.2 Å². The first kappa shape index (κ1) is 17.8. The summed E-state index contributed by atoms with van der Waals surface area (Å²) in [5.41, 5.74) is 0.0485. The molecule has 1 N–H and O–H groups in total. The SMILES string of the molecule is CCNc1nc(Cl)nc(N(C#N)CN2C(=O)c3ccccc3S2(=O)=O)n1. The molecule has 10 nitrogen and oxygen atoms in total. The minimum Gasteiger partial charge on any atom is -0.354 e. The Kier molecular flexibility index (Phi) is 4.62. The number of fused-ring (bicyclic) bond motifs is 1. The van der Waals surface area contributed by atoms with Crippen molar-refractivity contribution in [2.75, 3.05) is 23.4 Å². The summed E-state index contributed by atoms with van der Waals surface area (Å²) < 4.78 is 25.8. The molecule has 2 aromatic rings. The van der Waals surface area contributed by atoms with E-state index in [0.29, 0.717) is 10.8 Å². The van der Waals surface area contributed by atoms with Crippen molar-refractivity contribution in [3.63, 3.8) is 0 Å². The van der Waals surface area contributed by atoms with Crippen LogP contribution in [0.15, 0.2) is 29.2 Å². The number of amides is 1. The second-order valence-corrected chi connectivity index (χ2v) is 7.25. The molecule has 1 aromatic heterocycles. The van der Waals surface area contributed by atoms with Gasteiger partial charge in [0.05, 0.1) is 5.56 Å². The van der Waals surface area contributed by atoms with Crippen LogP contribution in [0, 0.1) is 11.5 Å². The summed E-state index contributed by atoms with van der Waals surface area (Å²) in [4.78, 5) is 24.9. The molecule has 2 heterocycles. The maximum Gasteiger partial charge on any atom is 0.270 e. The molecule has 1 aromatic carbocycles. The van der Waals surface area contributed by atoms with Crippen molar-refractivity contribution >= 4 is 39.4 Å². The number of sulfonamides is 1. The van der Waals surface area contributed by atoms with E-state index in [-0.39, 0.29) is 27.6 Å². The number of anilines is 2. The van der Waals surface area contributed by atoms with Crippen molar-refractivity contribution < 1.29 is 13.2 Å². The highest BCUT2D eigenvalue weighted by molar-refractivity contribution is 7.90. The number of benzene rings is 1. The average molecular weight is 394 g/mol. The van der Waals surface area contributed by atoms with E-state index in [0.717, 1.165) is 4.90 Å². The zero-order valence-electron chi connectivity index (χ0n) is 13.4. The first-order chi connectivity index (χ1) is 12.4.